The van der Waals surface area contributed by atoms with Crippen LogP contribution in [0.25, 0.3) is 0 Å². The van der Waals surface area contributed by atoms with Gasteiger partial charge in [0, 0.05) is 25.9 Å². The topological polar surface area (TPSA) is 45.0 Å². The van der Waals surface area contributed by atoms with Crippen LogP contribution in [-0.2, 0) is 4.79 Å². The molecule has 0 saturated carbocycles. The van der Waals surface area contributed by atoms with Crippen molar-refractivity contribution in [2.45, 2.75) is 13.3 Å². The number of aldehydes is 1. The highest BCUT2D eigenvalue weighted by Gasteiger charge is 1.89. The molecule has 10 heavy (non-hydrogen) atoms. The van der Waals surface area contributed by atoms with Crippen LogP contribution in [-0.4, -0.2) is 30.9 Å². The molecule has 0 aliphatic carbocycles. The fraction of sp³-hybridized carbons (Fsp3) is 0.500. The fourth-order valence-electron chi connectivity index (χ4n) is 0.440. The number of hydrogen-bond donors (Lipinski definition) is 0. The molecule has 4 nitrogen and oxygen atoms in total. The fourth-order valence-corrected chi connectivity index (χ4v) is 0.440. The minimum Gasteiger partial charge on any atom is -0.303 e. The monoisotopic (exact) mass is 141 g/mol. The number of carbonyl (C=O) groups is 1. The van der Waals surface area contributed by atoms with Crippen LogP contribution in [0.2, 0.25) is 0 Å². The van der Waals surface area contributed by atoms with Crippen molar-refractivity contribution in [1.29, 1.82) is 0 Å². The smallest absolute Gasteiger partial charge is 0.125 e. The molecule has 0 amide bonds. The van der Waals surface area contributed by atoms with Gasteiger partial charge in [0.1, 0.15) is 6.29 Å². The van der Waals surface area contributed by atoms with Gasteiger partial charge in [0.2, 0.25) is 0 Å². The summed E-state index contributed by atoms with van der Waals surface area (Å²) in [5.41, 5.74) is 0.727. The lowest BCUT2D eigenvalue weighted by Crippen LogP contribution is -2.05. The number of hydrazone groups is 2. The summed E-state index contributed by atoms with van der Waals surface area (Å²) in [4.78, 5) is 9.94. The molecule has 0 radical (unpaired) electrons. The first-order chi connectivity index (χ1) is 4.70. The van der Waals surface area contributed by atoms with Gasteiger partial charge >= 0.3 is 0 Å². The molecule has 0 aromatic rings. The molecule has 56 valence electrons. The summed E-state index contributed by atoms with van der Waals surface area (Å²) < 4.78 is 0. The molecule has 0 saturated heterocycles. The van der Waals surface area contributed by atoms with Gasteiger partial charge in [-0.15, -0.1) is 0 Å². The summed E-state index contributed by atoms with van der Waals surface area (Å²) in [6.07, 6.45) is 1.15. The van der Waals surface area contributed by atoms with Crippen LogP contribution in [0.15, 0.2) is 10.2 Å². The van der Waals surface area contributed by atoms with Crippen molar-refractivity contribution in [3.8, 4) is 0 Å². The third kappa shape index (κ3) is 3.77. The van der Waals surface area contributed by atoms with Crippen molar-refractivity contribution in [3.05, 3.63) is 0 Å². The van der Waals surface area contributed by atoms with Gasteiger partial charge in [-0.25, -0.2) is 0 Å². The van der Waals surface area contributed by atoms with Gasteiger partial charge in [0.15, 0.2) is 0 Å². The maximum absolute atomic E-state index is 9.94. The van der Waals surface area contributed by atoms with E-state index in [0.29, 0.717) is 6.42 Å². The zero-order valence-corrected chi connectivity index (χ0v) is 6.24. The Morgan fingerprint density at radius 3 is 2.80 bits per heavy atom. The van der Waals surface area contributed by atoms with Crippen LogP contribution in [0, 0.1) is 0 Å². The first-order valence-electron chi connectivity index (χ1n) is 2.88. The molecule has 0 atom stereocenters. The summed E-state index contributed by atoms with van der Waals surface area (Å²) in [6.45, 7) is 5.01. The maximum Gasteiger partial charge on any atom is 0.125 e. The van der Waals surface area contributed by atoms with Crippen LogP contribution in [0.4, 0.5) is 0 Å². The van der Waals surface area contributed by atoms with E-state index in [0.717, 1.165) is 12.0 Å². The highest BCUT2D eigenvalue weighted by molar-refractivity contribution is 5.91. The summed E-state index contributed by atoms with van der Waals surface area (Å²) in [5.74, 6) is 0. The average Bonchev–Trinajstić information content (AvgIpc) is 1.88. The summed E-state index contributed by atoms with van der Waals surface area (Å²) >= 11 is 0. The van der Waals surface area contributed by atoms with Crippen molar-refractivity contribution >= 4 is 18.7 Å². The second-order valence-electron chi connectivity index (χ2n) is 1.84. The lowest BCUT2D eigenvalue weighted by atomic mass is 10.3. The van der Waals surface area contributed by atoms with E-state index in [9.17, 15) is 4.79 Å². The van der Waals surface area contributed by atoms with Crippen LogP contribution >= 0.6 is 0 Å². The van der Waals surface area contributed by atoms with Crippen molar-refractivity contribution in [1.82, 2.24) is 5.12 Å². The van der Waals surface area contributed by atoms with Gasteiger partial charge < -0.3 is 4.79 Å². The Balaban J connectivity index is 3.87. The SMILES string of the molecule is C=NN(C)/N=C(\C)CC=O. The van der Waals surface area contributed by atoms with Gasteiger partial charge in [-0.05, 0) is 6.92 Å². The zero-order chi connectivity index (χ0) is 7.98. The number of carbonyl (C=O) groups excluding carboxylic acids is 1. The van der Waals surface area contributed by atoms with Crippen LogP contribution < -0.4 is 0 Å². The normalized spacial score (nSPS) is 10.8. The highest BCUT2D eigenvalue weighted by atomic mass is 16.1. The standard InChI is InChI=1S/C6H11N3O/c1-6(4-5-10)8-9(3)7-2/h5H,2,4H2,1,3H3/b8-6+. The number of nitrogens with zero attached hydrogens (tertiary/aromatic N) is 3. The molecule has 0 heterocycles. The first kappa shape index (κ1) is 8.81. The number of hydrogen-bond acceptors (Lipinski definition) is 4. The molecule has 0 N–H and O–H groups in total. The van der Waals surface area contributed by atoms with E-state index in [2.05, 4.69) is 16.9 Å². The van der Waals surface area contributed by atoms with Crippen molar-refractivity contribution in [2.24, 2.45) is 10.2 Å². The minimum absolute atomic E-state index is 0.347. The van der Waals surface area contributed by atoms with Crippen molar-refractivity contribution in [2.75, 3.05) is 7.05 Å². The van der Waals surface area contributed by atoms with Gasteiger partial charge in [-0.3, -0.25) is 0 Å². The molecule has 0 aromatic carbocycles. The van der Waals surface area contributed by atoms with Crippen LogP contribution in [0.1, 0.15) is 13.3 Å². The molecular weight excluding hydrogens is 130 g/mol. The molecule has 4 heteroatoms. The van der Waals surface area contributed by atoms with Gasteiger partial charge in [-0.1, -0.05) is 0 Å². The van der Waals surface area contributed by atoms with E-state index >= 15 is 0 Å². The zero-order valence-electron chi connectivity index (χ0n) is 6.24. The molecule has 0 aromatic heterocycles. The Hall–Kier alpha value is -1.19. The molecule has 0 unspecified atom stereocenters. The third-order valence-electron chi connectivity index (χ3n) is 0.899. The van der Waals surface area contributed by atoms with Gasteiger partial charge in [-0.2, -0.15) is 15.3 Å². The third-order valence-corrected chi connectivity index (χ3v) is 0.899. The van der Waals surface area contributed by atoms with Gasteiger partial charge in [0.25, 0.3) is 0 Å². The molecular formula is C6H11N3O. The van der Waals surface area contributed by atoms with E-state index in [-0.39, 0.29) is 0 Å². The van der Waals surface area contributed by atoms with Crippen molar-refractivity contribution in [3.63, 3.8) is 0 Å². The molecule has 0 aliphatic heterocycles. The highest BCUT2D eigenvalue weighted by Crippen LogP contribution is 1.87. The Morgan fingerprint density at radius 2 is 2.40 bits per heavy atom. The molecule has 0 spiro atoms. The van der Waals surface area contributed by atoms with E-state index in [4.69, 9.17) is 0 Å². The second kappa shape index (κ2) is 4.67. The predicted octanol–water partition coefficient (Wildman–Crippen LogP) is 0.499. The quantitative estimate of drug-likeness (QED) is 0.325. The van der Waals surface area contributed by atoms with Gasteiger partial charge in [0.05, 0.1) is 0 Å². The Labute approximate surface area is 60.2 Å². The van der Waals surface area contributed by atoms with Crippen LogP contribution in [0.3, 0.4) is 0 Å². The lowest BCUT2D eigenvalue weighted by molar-refractivity contribution is -0.106. The van der Waals surface area contributed by atoms with E-state index < -0.39 is 0 Å². The maximum atomic E-state index is 9.94. The Bertz CT molecular complexity index is 153. The van der Waals surface area contributed by atoms with E-state index in [1.165, 1.54) is 5.12 Å². The van der Waals surface area contributed by atoms with E-state index in [1.807, 2.05) is 0 Å². The molecule has 0 bridgehead atoms. The average molecular weight is 141 g/mol. The summed E-state index contributed by atoms with van der Waals surface area (Å²) in [6, 6.07) is 0. The summed E-state index contributed by atoms with van der Waals surface area (Å²) in [7, 11) is 1.65. The molecule has 0 fully saturated rings. The molecule has 0 aliphatic rings. The number of rotatable bonds is 4. The molecule has 0 rings (SSSR count). The first-order valence-corrected chi connectivity index (χ1v) is 2.88. The Morgan fingerprint density at radius 1 is 1.80 bits per heavy atom. The lowest BCUT2D eigenvalue weighted by Gasteiger charge is -2.03. The van der Waals surface area contributed by atoms with Crippen LogP contribution in [0.5, 0.6) is 0 Å². The predicted molar refractivity (Wildman–Crippen MR) is 41.1 cm³/mol. The minimum atomic E-state index is 0.347. The second-order valence-corrected chi connectivity index (χ2v) is 1.84. The van der Waals surface area contributed by atoms with E-state index in [1.54, 1.807) is 14.0 Å². The summed E-state index contributed by atoms with van der Waals surface area (Å²) in [5, 5.41) is 8.68. The largest absolute Gasteiger partial charge is 0.303 e. The van der Waals surface area contributed by atoms with Crippen molar-refractivity contribution < 1.29 is 4.79 Å². The Kier molecular flexibility index (Phi) is 4.11.